The minimum Gasteiger partial charge on any atom is -0.466 e. The molecule has 0 saturated carbocycles. The Balaban J connectivity index is 2.08. The molecule has 94 valence electrons. The second-order valence-corrected chi connectivity index (χ2v) is 3.75. The van der Waals surface area contributed by atoms with E-state index in [1.54, 1.807) is 31.2 Å². The van der Waals surface area contributed by atoms with Gasteiger partial charge in [0.2, 0.25) is 0 Å². The van der Waals surface area contributed by atoms with Crippen LogP contribution in [0.4, 0.5) is 4.39 Å². The Bertz CT molecular complexity index is 534. The maximum atomic E-state index is 12.8. The average Bonchev–Trinajstić information content (AvgIpc) is 2.77. The van der Waals surface area contributed by atoms with Crippen molar-refractivity contribution in [2.75, 3.05) is 6.61 Å². The Morgan fingerprint density at radius 1 is 1.39 bits per heavy atom. The quantitative estimate of drug-likeness (QED) is 0.778. The highest BCUT2D eigenvalue weighted by Gasteiger charge is 2.05. The van der Waals surface area contributed by atoms with E-state index in [1.165, 1.54) is 10.9 Å². The van der Waals surface area contributed by atoms with Crippen LogP contribution in [0.3, 0.4) is 0 Å². The molecule has 0 atom stereocenters. The molecule has 2 aromatic rings. The Kier molecular flexibility index (Phi) is 3.72. The Labute approximate surface area is 104 Å². The first-order valence-electron chi connectivity index (χ1n) is 5.64. The van der Waals surface area contributed by atoms with Gasteiger partial charge in [0, 0.05) is 0 Å². The third-order valence-corrected chi connectivity index (χ3v) is 2.41. The fraction of sp³-hybridized carbons (Fsp3) is 0.231. The maximum absolute atomic E-state index is 12.8. The van der Waals surface area contributed by atoms with Crippen molar-refractivity contribution in [3.8, 4) is 5.69 Å². The molecule has 0 N–H and O–H groups in total. The molecule has 0 bridgehead atoms. The average molecular weight is 248 g/mol. The molecule has 4 nitrogen and oxygen atoms in total. The largest absolute Gasteiger partial charge is 0.466 e. The molecule has 0 aliphatic carbocycles. The summed E-state index contributed by atoms with van der Waals surface area (Å²) in [6.45, 7) is 2.15. The van der Waals surface area contributed by atoms with Crippen molar-refractivity contribution >= 4 is 5.97 Å². The second kappa shape index (κ2) is 5.44. The van der Waals surface area contributed by atoms with Crippen molar-refractivity contribution in [2.24, 2.45) is 0 Å². The molecule has 0 aliphatic heterocycles. The lowest BCUT2D eigenvalue weighted by molar-refractivity contribution is -0.142. The molecule has 0 aliphatic rings. The van der Waals surface area contributed by atoms with Gasteiger partial charge in [-0.15, -0.1) is 0 Å². The summed E-state index contributed by atoms with van der Waals surface area (Å²) in [4.78, 5) is 11.3. The Hall–Kier alpha value is -2.17. The van der Waals surface area contributed by atoms with Gasteiger partial charge in [-0.05, 0) is 24.6 Å². The summed E-state index contributed by atoms with van der Waals surface area (Å²) in [7, 11) is 0. The minimum atomic E-state index is -0.384. The van der Waals surface area contributed by atoms with E-state index in [9.17, 15) is 9.18 Å². The molecule has 0 fully saturated rings. The van der Waals surface area contributed by atoms with E-state index in [0.717, 1.165) is 17.4 Å². The van der Waals surface area contributed by atoms with E-state index in [-0.39, 0.29) is 18.2 Å². The SMILES string of the molecule is CCOC(=O)Cc1ccc(-n2cc(F)cn2)cc1. The van der Waals surface area contributed by atoms with Gasteiger partial charge in [-0.1, -0.05) is 12.1 Å². The van der Waals surface area contributed by atoms with Crippen molar-refractivity contribution in [3.63, 3.8) is 0 Å². The van der Waals surface area contributed by atoms with Crippen LogP contribution < -0.4 is 0 Å². The summed E-state index contributed by atoms with van der Waals surface area (Å²) in [6.07, 6.45) is 2.68. The number of rotatable bonds is 4. The van der Waals surface area contributed by atoms with E-state index >= 15 is 0 Å². The highest BCUT2D eigenvalue weighted by molar-refractivity contribution is 5.72. The van der Waals surface area contributed by atoms with Crippen LogP contribution in [-0.2, 0) is 16.0 Å². The molecule has 0 saturated heterocycles. The van der Waals surface area contributed by atoms with Gasteiger partial charge in [-0.25, -0.2) is 9.07 Å². The fourth-order valence-corrected chi connectivity index (χ4v) is 1.59. The summed E-state index contributed by atoms with van der Waals surface area (Å²) in [5.74, 6) is -0.638. The highest BCUT2D eigenvalue weighted by atomic mass is 19.1. The number of hydrogen-bond donors (Lipinski definition) is 0. The third kappa shape index (κ3) is 2.94. The summed E-state index contributed by atoms with van der Waals surface area (Å²) >= 11 is 0. The van der Waals surface area contributed by atoms with E-state index in [0.29, 0.717) is 6.61 Å². The number of nitrogens with zero attached hydrogens (tertiary/aromatic N) is 2. The maximum Gasteiger partial charge on any atom is 0.310 e. The molecular weight excluding hydrogens is 235 g/mol. The molecule has 5 heteroatoms. The van der Waals surface area contributed by atoms with Crippen LogP contribution in [0.2, 0.25) is 0 Å². The zero-order valence-corrected chi connectivity index (χ0v) is 9.97. The second-order valence-electron chi connectivity index (χ2n) is 3.75. The van der Waals surface area contributed by atoms with Crippen LogP contribution in [0.25, 0.3) is 5.69 Å². The number of carbonyl (C=O) groups is 1. The van der Waals surface area contributed by atoms with Crippen molar-refractivity contribution in [2.45, 2.75) is 13.3 Å². The van der Waals surface area contributed by atoms with E-state index in [1.807, 2.05) is 0 Å². The van der Waals surface area contributed by atoms with Crippen LogP contribution >= 0.6 is 0 Å². The van der Waals surface area contributed by atoms with Crippen molar-refractivity contribution in [1.29, 1.82) is 0 Å². The van der Waals surface area contributed by atoms with Gasteiger partial charge in [-0.3, -0.25) is 4.79 Å². The fourth-order valence-electron chi connectivity index (χ4n) is 1.59. The molecule has 0 radical (unpaired) electrons. The number of aromatic nitrogens is 2. The normalized spacial score (nSPS) is 10.3. The number of ether oxygens (including phenoxy) is 1. The molecule has 1 aromatic carbocycles. The first kappa shape index (κ1) is 12.3. The smallest absolute Gasteiger partial charge is 0.310 e. The topological polar surface area (TPSA) is 44.1 Å². The lowest BCUT2D eigenvalue weighted by Gasteiger charge is -2.04. The van der Waals surface area contributed by atoms with Gasteiger partial charge in [0.15, 0.2) is 5.82 Å². The molecule has 0 amide bonds. The highest BCUT2D eigenvalue weighted by Crippen LogP contribution is 2.10. The van der Waals surface area contributed by atoms with Gasteiger partial charge in [0.1, 0.15) is 0 Å². The summed E-state index contributed by atoms with van der Waals surface area (Å²) in [5.41, 5.74) is 1.59. The number of halogens is 1. The standard InChI is InChI=1S/C13H13FN2O2/c1-2-18-13(17)7-10-3-5-12(6-4-10)16-9-11(14)8-15-16/h3-6,8-9H,2,7H2,1H3. The predicted molar refractivity (Wildman–Crippen MR) is 63.9 cm³/mol. The molecule has 0 unspecified atom stereocenters. The van der Waals surface area contributed by atoms with Crippen molar-refractivity contribution in [1.82, 2.24) is 9.78 Å². The number of hydrogen-bond acceptors (Lipinski definition) is 3. The molecule has 1 aromatic heterocycles. The lowest BCUT2D eigenvalue weighted by Crippen LogP contribution is -2.07. The van der Waals surface area contributed by atoms with Gasteiger partial charge >= 0.3 is 5.97 Å². The summed E-state index contributed by atoms with van der Waals surface area (Å²) in [6, 6.07) is 7.15. The summed E-state index contributed by atoms with van der Waals surface area (Å²) in [5, 5.41) is 3.86. The zero-order chi connectivity index (χ0) is 13.0. The van der Waals surface area contributed by atoms with Gasteiger partial charge < -0.3 is 4.74 Å². The molecule has 18 heavy (non-hydrogen) atoms. The van der Waals surface area contributed by atoms with Gasteiger partial charge in [0.25, 0.3) is 0 Å². The van der Waals surface area contributed by atoms with E-state index in [4.69, 9.17) is 4.74 Å². The zero-order valence-electron chi connectivity index (χ0n) is 9.97. The first-order chi connectivity index (χ1) is 8.69. The van der Waals surface area contributed by atoms with Crippen LogP contribution in [0.15, 0.2) is 36.7 Å². The predicted octanol–water partition coefficient (Wildman–Crippen LogP) is 2.12. The first-order valence-corrected chi connectivity index (χ1v) is 5.64. The van der Waals surface area contributed by atoms with E-state index in [2.05, 4.69) is 5.10 Å². The van der Waals surface area contributed by atoms with Gasteiger partial charge in [0.05, 0.1) is 31.1 Å². The van der Waals surface area contributed by atoms with E-state index < -0.39 is 0 Å². The molecule has 0 spiro atoms. The van der Waals surface area contributed by atoms with Crippen molar-refractivity contribution < 1.29 is 13.9 Å². The minimum absolute atomic E-state index is 0.238. The molecular formula is C13H13FN2O2. The van der Waals surface area contributed by atoms with Crippen LogP contribution in [0.5, 0.6) is 0 Å². The molecule has 1 heterocycles. The number of esters is 1. The van der Waals surface area contributed by atoms with Crippen LogP contribution in [0.1, 0.15) is 12.5 Å². The number of carbonyl (C=O) groups excluding carboxylic acids is 1. The Morgan fingerprint density at radius 2 is 2.11 bits per heavy atom. The lowest BCUT2D eigenvalue weighted by atomic mass is 10.1. The van der Waals surface area contributed by atoms with Crippen LogP contribution in [-0.4, -0.2) is 22.4 Å². The third-order valence-electron chi connectivity index (χ3n) is 2.41. The Morgan fingerprint density at radius 3 is 2.67 bits per heavy atom. The van der Waals surface area contributed by atoms with Crippen molar-refractivity contribution in [3.05, 3.63) is 48.0 Å². The molecule has 2 rings (SSSR count). The van der Waals surface area contributed by atoms with Gasteiger partial charge in [-0.2, -0.15) is 5.10 Å². The van der Waals surface area contributed by atoms with Crippen LogP contribution in [0, 0.1) is 5.82 Å². The summed E-state index contributed by atoms with van der Waals surface area (Å²) < 4.78 is 19.1. The monoisotopic (exact) mass is 248 g/mol. The number of benzene rings is 1.